The number of hydrogen-bond donors (Lipinski definition) is 1. The number of aromatic nitrogens is 2. The third-order valence-corrected chi connectivity index (χ3v) is 2.64. The topological polar surface area (TPSA) is 64.3 Å². The highest BCUT2D eigenvalue weighted by Gasteiger charge is 2.10. The maximum atomic E-state index is 11.6. The van der Waals surface area contributed by atoms with Gasteiger partial charge in [0.15, 0.2) is 11.5 Å². The molecule has 2 aromatic rings. The molecule has 1 N–H and O–H groups in total. The molecule has 0 fully saturated rings. The summed E-state index contributed by atoms with van der Waals surface area (Å²) in [5, 5.41) is 9.97. The Labute approximate surface area is 91.9 Å². The number of fused-ring (bicyclic) bond motifs is 1. The Hall–Kier alpha value is -2.04. The van der Waals surface area contributed by atoms with Crippen molar-refractivity contribution in [2.75, 3.05) is 7.11 Å². The number of rotatable bonds is 1. The van der Waals surface area contributed by atoms with Crippen LogP contribution in [0.2, 0.25) is 0 Å². The molecule has 0 spiro atoms. The Morgan fingerprint density at radius 2 is 2.12 bits per heavy atom. The maximum absolute atomic E-state index is 11.6. The minimum Gasteiger partial charge on any atom is -0.504 e. The van der Waals surface area contributed by atoms with E-state index in [1.54, 1.807) is 24.6 Å². The van der Waals surface area contributed by atoms with Crippen LogP contribution >= 0.6 is 0 Å². The van der Waals surface area contributed by atoms with Gasteiger partial charge in [-0.05, 0) is 13.0 Å². The summed E-state index contributed by atoms with van der Waals surface area (Å²) in [6.45, 7) is 1.75. The van der Waals surface area contributed by atoms with Crippen LogP contribution < -0.4 is 10.3 Å². The number of aromatic hydroxyl groups is 1. The first-order valence-electron chi connectivity index (χ1n) is 4.79. The van der Waals surface area contributed by atoms with Gasteiger partial charge in [0.25, 0.3) is 5.56 Å². The first-order chi connectivity index (χ1) is 7.54. The van der Waals surface area contributed by atoms with Crippen LogP contribution in [-0.2, 0) is 7.05 Å². The van der Waals surface area contributed by atoms with Crippen LogP contribution in [0.3, 0.4) is 0 Å². The van der Waals surface area contributed by atoms with Gasteiger partial charge in [-0.1, -0.05) is 0 Å². The SMILES string of the molecule is COc1cc2c(cc1O)c(=O)nc(C)n2C. The van der Waals surface area contributed by atoms with Crippen molar-refractivity contribution in [1.82, 2.24) is 9.55 Å². The zero-order valence-electron chi connectivity index (χ0n) is 9.31. The first-order valence-corrected chi connectivity index (χ1v) is 4.79. The van der Waals surface area contributed by atoms with Crippen LogP contribution in [-0.4, -0.2) is 21.8 Å². The molecule has 84 valence electrons. The Kier molecular flexibility index (Phi) is 2.30. The lowest BCUT2D eigenvalue weighted by molar-refractivity contribution is 0.374. The van der Waals surface area contributed by atoms with Crippen molar-refractivity contribution in [3.05, 3.63) is 28.3 Å². The molecule has 0 aliphatic heterocycles. The normalized spacial score (nSPS) is 10.7. The fraction of sp³-hybridized carbons (Fsp3) is 0.273. The van der Waals surface area contributed by atoms with Crippen molar-refractivity contribution in [3.63, 3.8) is 0 Å². The van der Waals surface area contributed by atoms with Gasteiger partial charge in [-0.15, -0.1) is 0 Å². The first kappa shape index (κ1) is 10.5. The molecule has 0 radical (unpaired) electrons. The molecule has 1 aromatic heterocycles. The summed E-state index contributed by atoms with van der Waals surface area (Å²) >= 11 is 0. The van der Waals surface area contributed by atoms with Gasteiger partial charge in [0.05, 0.1) is 18.0 Å². The predicted molar refractivity (Wildman–Crippen MR) is 59.9 cm³/mol. The summed E-state index contributed by atoms with van der Waals surface area (Å²) in [4.78, 5) is 15.5. The monoisotopic (exact) mass is 220 g/mol. The quantitative estimate of drug-likeness (QED) is 0.777. The van der Waals surface area contributed by atoms with Gasteiger partial charge in [-0.25, -0.2) is 0 Å². The molecule has 0 saturated heterocycles. The van der Waals surface area contributed by atoms with Crippen LogP contribution in [0.1, 0.15) is 5.82 Å². The van der Waals surface area contributed by atoms with Gasteiger partial charge in [0.1, 0.15) is 5.82 Å². The lowest BCUT2D eigenvalue weighted by Crippen LogP contribution is -2.14. The molecule has 5 nitrogen and oxygen atoms in total. The number of phenolic OH excluding ortho intramolecular Hbond substituents is 1. The average molecular weight is 220 g/mol. The van der Waals surface area contributed by atoms with Gasteiger partial charge in [0.2, 0.25) is 0 Å². The van der Waals surface area contributed by atoms with Crippen LogP contribution in [0.25, 0.3) is 10.9 Å². The Bertz CT molecular complexity index is 617. The molecule has 5 heteroatoms. The van der Waals surface area contributed by atoms with E-state index in [1.165, 1.54) is 13.2 Å². The van der Waals surface area contributed by atoms with Crippen LogP contribution in [0, 0.1) is 6.92 Å². The predicted octanol–water partition coefficient (Wildman–Crippen LogP) is 0.956. The van der Waals surface area contributed by atoms with Gasteiger partial charge >= 0.3 is 0 Å². The molecule has 0 bridgehead atoms. The molecule has 16 heavy (non-hydrogen) atoms. The molecule has 0 amide bonds. The van der Waals surface area contributed by atoms with E-state index in [2.05, 4.69) is 4.98 Å². The minimum absolute atomic E-state index is 0.0576. The highest BCUT2D eigenvalue weighted by atomic mass is 16.5. The Morgan fingerprint density at radius 3 is 2.75 bits per heavy atom. The summed E-state index contributed by atoms with van der Waals surface area (Å²) < 4.78 is 6.78. The number of phenols is 1. The molecule has 2 rings (SSSR count). The molecule has 1 aromatic carbocycles. The summed E-state index contributed by atoms with van der Waals surface area (Å²) in [6.07, 6.45) is 0. The fourth-order valence-electron chi connectivity index (χ4n) is 1.63. The van der Waals surface area contributed by atoms with E-state index >= 15 is 0 Å². The molecule has 0 atom stereocenters. The maximum Gasteiger partial charge on any atom is 0.280 e. The van der Waals surface area contributed by atoms with Crippen molar-refractivity contribution < 1.29 is 9.84 Å². The van der Waals surface area contributed by atoms with Crippen molar-refractivity contribution in [2.24, 2.45) is 7.05 Å². The van der Waals surface area contributed by atoms with E-state index in [0.29, 0.717) is 22.5 Å². The van der Waals surface area contributed by atoms with Gasteiger partial charge in [-0.2, -0.15) is 4.98 Å². The second-order valence-corrected chi connectivity index (χ2v) is 3.56. The number of hydrogen-bond acceptors (Lipinski definition) is 4. The molecule has 0 saturated carbocycles. The third kappa shape index (κ3) is 1.41. The number of benzene rings is 1. The second kappa shape index (κ2) is 3.52. The summed E-state index contributed by atoms with van der Waals surface area (Å²) in [7, 11) is 3.27. The van der Waals surface area contributed by atoms with E-state index in [9.17, 15) is 9.90 Å². The lowest BCUT2D eigenvalue weighted by atomic mass is 10.2. The lowest BCUT2D eigenvalue weighted by Gasteiger charge is -2.10. The summed E-state index contributed by atoms with van der Waals surface area (Å²) in [5.41, 5.74) is 0.343. The van der Waals surface area contributed by atoms with E-state index in [-0.39, 0.29) is 11.3 Å². The van der Waals surface area contributed by atoms with Crippen LogP contribution in [0.15, 0.2) is 16.9 Å². The average Bonchev–Trinajstić information content (AvgIpc) is 2.25. The Morgan fingerprint density at radius 1 is 1.44 bits per heavy atom. The van der Waals surface area contributed by atoms with Crippen molar-refractivity contribution in [3.8, 4) is 11.5 Å². The van der Waals surface area contributed by atoms with E-state index < -0.39 is 0 Å². The fourth-order valence-corrected chi connectivity index (χ4v) is 1.63. The van der Waals surface area contributed by atoms with Crippen LogP contribution in [0.5, 0.6) is 11.5 Å². The zero-order chi connectivity index (χ0) is 11.9. The highest BCUT2D eigenvalue weighted by molar-refractivity contribution is 5.82. The number of nitrogens with zero attached hydrogens (tertiary/aromatic N) is 2. The van der Waals surface area contributed by atoms with E-state index in [0.717, 1.165) is 0 Å². The van der Waals surface area contributed by atoms with Gasteiger partial charge in [0, 0.05) is 13.1 Å². The summed E-state index contributed by atoms with van der Waals surface area (Å²) in [5.74, 6) is 0.899. The molecule has 0 aliphatic carbocycles. The number of methoxy groups -OCH3 is 1. The second-order valence-electron chi connectivity index (χ2n) is 3.56. The zero-order valence-corrected chi connectivity index (χ0v) is 9.31. The largest absolute Gasteiger partial charge is 0.504 e. The third-order valence-electron chi connectivity index (χ3n) is 2.64. The summed E-state index contributed by atoms with van der Waals surface area (Å²) in [6, 6.07) is 3.00. The molecule has 1 heterocycles. The van der Waals surface area contributed by atoms with Crippen molar-refractivity contribution >= 4 is 10.9 Å². The van der Waals surface area contributed by atoms with E-state index in [1.807, 2.05) is 0 Å². The minimum atomic E-state index is -0.344. The molecular formula is C11H12N2O3. The molecular weight excluding hydrogens is 208 g/mol. The van der Waals surface area contributed by atoms with Crippen molar-refractivity contribution in [2.45, 2.75) is 6.92 Å². The Balaban J connectivity index is 2.96. The van der Waals surface area contributed by atoms with E-state index in [4.69, 9.17) is 4.74 Å². The highest BCUT2D eigenvalue weighted by Crippen LogP contribution is 2.29. The number of ether oxygens (including phenoxy) is 1. The molecule has 0 unspecified atom stereocenters. The molecule has 0 aliphatic rings. The van der Waals surface area contributed by atoms with Gasteiger partial charge < -0.3 is 14.4 Å². The van der Waals surface area contributed by atoms with Crippen LogP contribution in [0.4, 0.5) is 0 Å². The van der Waals surface area contributed by atoms with Gasteiger partial charge in [-0.3, -0.25) is 4.79 Å². The smallest absolute Gasteiger partial charge is 0.280 e. The van der Waals surface area contributed by atoms with Crippen molar-refractivity contribution in [1.29, 1.82) is 0 Å². The standard InChI is InChI=1S/C11H12N2O3/c1-6-12-11(15)7-4-9(14)10(16-3)5-8(7)13(6)2/h4-5,14H,1-3H3. The number of aryl methyl sites for hydroxylation is 2.